The fraction of sp³-hybridized carbons (Fsp3) is 0.562. The van der Waals surface area contributed by atoms with Crippen LogP contribution in [-0.2, 0) is 6.54 Å². The van der Waals surface area contributed by atoms with Crippen LogP contribution in [0.1, 0.15) is 40.3 Å². The number of nitrogens with zero attached hydrogens (tertiary/aromatic N) is 3. The van der Waals surface area contributed by atoms with Crippen molar-refractivity contribution in [1.82, 2.24) is 14.7 Å². The van der Waals surface area contributed by atoms with Crippen LogP contribution in [0.3, 0.4) is 0 Å². The van der Waals surface area contributed by atoms with Crippen LogP contribution in [0.2, 0.25) is 0 Å². The van der Waals surface area contributed by atoms with Crippen molar-refractivity contribution in [3.8, 4) is 0 Å². The Morgan fingerprint density at radius 1 is 1.25 bits per heavy atom. The van der Waals surface area contributed by atoms with E-state index in [1.807, 2.05) is 6.07 Å². The highest BCUT2D eigenvalue weighted by Gasteiger charge is 2.19. The summed E-state index contributed by atoms with van der Waals surface area (Å²) in [7, 11) is 0. The molecule has 0 aliphatic carbocycles. The summed E-state index contributed by atoms with van der Waals surface area (Å²) in [5.74, 6) is 1.10. The van der Waals surface area contributed by atoms with Crippen LogP contribution in [0.25, 0.3) is 5.65 Å². The third-order valence-electron chi connectivity index (χ3n) is 3.52. The Morgan fingerprint density at radius 3 is 2.60 bits per heavy atom. The molecule has 0 spiro atoms. The average molecular weight is 274 g/mol. The van der Waals surface area contributed by atoms with Crippen LogP contribution in [0.15, 0.2) is 24.4 Å². The first-order chi connectivity index (χ1) is 9.54. The van der Waals surface area contributed by atoms with Crippen LogP contribution in [0, 0.1) is 0 Å². The Hall–Kier alpha value is -1.55. The van der Waals surface area contributed by atoms with Crippen molar-refractivity contribution in [2.45, 2.75) is 53.2 Å². The third kappa shape index (κ3) is 2.96. The van der Waals surface area contributed by atoms with Crippen molar-refractivity contribution < 1.29 is 0 Å². The standard InChI is InChI=1S/C16H26N4/c1-6-19(13(4)5)16-14(11-17-12(2)3)20-10-8-7-9-15(20)18-16/h7-10,12-13,17H,6,11H2,1-5H3. The molecule has 0 saturated carbocycles. The van der Waals surface area contributed by atoms with E-state index in [0.29, 0.717) is 12.1 Å². The maximum Gasteiger partial charge on any atom is 0.152 e. The maximum absolute atomic E-state index is 4.83. The number of aromatic nitrogens is 2. The minimum atomic E-state index is 0.447. The normalized spacial score (nSPS) is 11.8. The Balaban J connectivity index is 2.48. The van der Waals surface area contributed by atoms with Crippen molar-refractivity contribution in [3.63, 3.8) is 0 Å². The van der Waals surface area contributed by atoms with Gasteiger partial charge in [-0.15, -0.1) is 0 Å². The predicted octanol–water partition coefficient (Wildman–Crippen LogP) is 3.07. The highest BCUT2D eigenvalue weighted by atomic mass is 15.2. The summed E-state index contributed by atoms with van der Waals surface area (Å²) in [6.07, 6.45) is 2.09. The van der Waals surface area contributed by atoms with Crippen LogP contribution in [0.5, 0.6) is 0 Å². The highest BCUT2D eigenvalue weighted by Crippen LogP contribution is 2.23. The minimum absolute atomic E-state index is 0.447. The number of hydrogen-bond donors (Lipinski definition) is 1. The molecule has 2 aromatic rings. The predicted molar refractivity (Wildman–Crippen MR) is 85.3 cm³/mol. The number of fused-ring (bicyclic) bond motifs is 1. The summed E-state index contributed by atoms with van der Waals surface area (Å²) >= 11 is 0. The first-order valence-corrected chi connectivity index (χ1v) is 7.50. The van der Waals surface area contributed by atoms with Gasteiger partial charge in [-0.1, -0.05) is 19.9 Å². The molecule has 0 unspecified atom stereocenters. The molecule has 1 N–H and O–H groups in total. The number of anilines is 1. The molecule has 0 atom stereocenters. The summed E-state index contributed by atoms with van der Waals surface area (Å²) in [6, 6.07) is 7.07. The van der Waals surface area contributed by atoms with E-state index >= 15 is 0 Å². The molecule has 0 fully saturated rings. The van der Waals surface area contributed by atoms with Gasteiger partial charge in [0.2, 0.25) is 0 Å². The van der Waals surface area contributed by atoms with Gasteiger partial charge in [-0.25, -0.2) is 4.98 Å². The van der Waals surface area contributed by atoms with Gasteiger partial charge in [-0.05, 0) is 32.9 Å². The van der Waals surface area contributed by atoms with E-state index in [4.69, 9.17) is 4.98 Å². The van der Waals surface area contributed by atoms with Crippen LogP contribution in [0.4, 0.5) is 5.82 Å². The van der Waals surface area contributed by atoms with Gasteiger partial charge >= 0.3 is 0 Å². The lowest BCUT2D eigenvalue weighted by molar-refractivity contribution is 0.576. The van der Waals surface area contributed by atoms with E-state index in [1.54, 1.807) is 0 Å². The summed E-state index contributed by atoms with van der Waals surface area (Å²) in [4.78, 5) is 7.18. The van der Waals surface area contributed by atoms with Crippen LogP contribution >= 0.6 is 0 Å². The summed E-state index contributed by atoms with van der Waals surface area (Å²) in [5, 5.41) is 3.51. The number of nitrogens with one attached hydrogen (secondary N) is 1. The molecule has 2 rings (SSSR count). The number of pyridine rings is 1. The number of imidazole rings is 1. The van der Waals surface area contributed by atoms with E-state index < -0.39 is 0 Å². The molecular formula is C16H26N4. The van der Waals surface area contributed by atoms with E-state index in [0.717, 1.165) is 24.6 Å². The second-order valence-electron chi connectivity index (χ2n) is 5.73. The van der Waals surface area contributed by atoms with Gasteiger partial charge in [0.1, 0.15) is 5.65 Å². The summed E-state index contributed by atoms with van der Waals surface area (Å²) in [6.45, 7) is 12.8. The Kier molecular flexibility index (Phi) is 4.65. The van der Waals surface area contributed by atoms with E-state index in [9.17, 15) is 0 Å². The third-order valence-corrected chi connectivity index (χ3v) is 3.52. The quantitative estimate of drug-likeness (QED) is 0.878. The maximum atomic E-state index is 4.83. The summed E-state index contributed by atoms with van der Waals surface area (Å²) in [5.41, 5.74) is 2.26. The zero-order valence-electron chi connectivity index (χ0n) is 13.2. The molecule has 0 bridgehead atoms. The molecule has 2 aromatic heterocycles. The Morgan fingerprint density at radius 2 is 2.00 bits per heavy atom. The van der Waals surface area contributed by atoms with Gasteiger partial charge in [0.25, 0.3) is 0 Å². The van der Waals surface area contributed by atoms with Crippen molar-refractivity contribution in [1.29, 1.82) is 0 Å². The van der Waals surface area contributed by atoms with Crippen molar-refractivity contribution in [2.24, 2.45) is 0 Å². The molecule has 4 nitrogen and oxygen atoms in total. The van der Waals surface area contributed by atoms with Crippen molar-refractivity contribution >= 4 is 11.5 Å². The number of hydrogen-bond acceptors (Lipinski definition) is 3. The molecule has 2 heterocycles. The zero-order chi connectivity index (χ0) is 14.7. The van der Waals surface area contributed by atoms with Gasteiger partial charge in [0, 0.05) is 31.4 Å². The molecule has 0 radical (unpaired) electrons. The molecule has 110 valence electrons. The monoisotopic (exact) mass is 274 g/mol. The number of rotatable bonds is 6. The van der Waals surface area contributed by atoms with E-state index in [2.05, 4.69) is 67.6 Å². The smallest absolute Gasteiger partial charge is 0.152 e. The lowest BCUT2D eigenvalue weighted by Gasteiger charge is -2.26. The molecular weight excluding hydrogens is 248 g/mol. The summed E-state index contributed by atoms with van der Waals surface area (Å²) < 4.78 is 2.19. The fourth-order valence-electron chi connectivity index (χ4n) is 2.49. The molecule has 0 aliphatic heterocycles. The molecule has 0 amide bonds. The van der Waals surface area contributed by atoms with E-state index in [-0.39, 0.29) is 0 Å². The fourth-order valence-corrected chi connectivity index (χ4v) is 2.49. The van der Waals surface area contributed by atoms with E-state index in [1.165, 1.54) is 5.69 Å². The SMILES string of the molecule is CCN(c1nc2ccccn2c1CNC(C)C)C(C)C. The van der Waals surface area contributed by atoms with Gasteiger partial charge in [0.05, 0.1) is 5.69 Å². The minimum Gasteiger partial charge on any atom is -0.353 e. The highest BCUT2D eigenvalue weighted by molar-refractivity contribution is 5.56. The Labute approximate surface area is 121 Å². The largest absolute Gasteiger partial charge is 0.353 e. The second-order valence-corrected chi connectivity index (χ2v) is 5.73. The first-order valence-electron chi connectivity index (χ1n) is 7.50. The van der Waals surface area contributed by atoms with Gasteiger partial charge in [0.15, 0.2) is 5.82 Å². The molecule has 0 aromatic carbocycles. The van der Waals surface area contributed by atoms with Crippen LogP contribution < -0.4 is 10.2 Å². The van der Waals surface area contributed by atoms with Gasteiger partial charge in [-0.3, -0.25) is 0 Å². The molecule has 4 heteroatoms. The molecule has 0 saturated heterocycles. The zero-order valence-corrected chi connectivity index (χ0v) is 13.2. The molecule has 20 heavy (non-hydrogen) atoms. The lowest BCUT2D eigenvalue weighted by atomic mass is 10.2. The van der Waals surface area contributed by atoms with Crippen molar-refractivity contribution in [2.75, 3.05) is 11.4 Å². The van der Waals surface area contributed by atoms with Gasteiger partial charge < -0.3 is 14.6 Å². The topological polar surface area (TPSA) is 32.6 Å². The van der Waals surface area contributed by atoms with Crippen molar-refractivity contribution in [3.05, 3.63) is 30.1 Å². The lowest BCUT2D eigenvalue weighted by Crippen LogP contribution is -2.32. The van der Waals surface area contributed by atoms with Crippen LogP contribution in [-0.4, -0.2) is 28.0 Å². The second kappa shape index (κ2) is 6.27. The average Bonchev–Trinajstić information content (AvgIpc) is 2.75. The first kappa shape index (κ1) is 14.9. The Bertz CT molecular complexity index is 557. The molecule has 0 aliphatic rings. The van der Waals surface area contributed by atoms with Gasteiger partial charge in [-0.2, -0.15) is 0 Å².